The van der Waals surface area contributed by atoms with Crippen molar-refractivity contribution in [1.29, 1.82) is 0 Å². The van der Waals surface area contributed by atoms with E-state index < -0.39 is 18.2 Å². The van der Waals surface area contributed by atoms with Crippen LogP contribution in [-0.4, -0.2) is 17.5 Å². The molecule has 2 N–H and O–H groups in total. The van der Waals surface area contributed by atoms with Crippen LogP contribution in [0.2, 0.25) is 0 Å². The third-order valence-electron chi connectivity index (χ3n) is 4.26. The molecule has 3 aromatic carbocycles. The number of hydroxylamine groups is 1. The van der Waals surface area contributed by atoms with Gasteiger partial charge in [0.1, 0.15) is 18.1 Å². The second-order valence-corrected chi connectivity index (χ2v) is 6.37. The Bertz CT molecular complexity index is 976. The van der Waals surface area contributed by atoms with Gasteiger partial charge in [-0.2, -0.15) is 0 Å². The normalized spacial score (nSPS) is 12.1. The van der Waals surface area contributed by atoms with Crippen molar-refractivity contribution in [2.24, 2.45) is 0 Å². The molecule has 0 saturated heterocycles. The van der Waals surface area contributed by atoms with E-state index in [1.54, 1.807) is 60.1 Å². The van der Waals surface area contributed by atoms with Gasteiger partial charge in [-0.25, -0.2) is 5.48 Å². The molecule has 0 bridgehead atoms. The number of nitrogens with one attached hydrogen (secondary N) is 1. The lowest BCUT2D eigenvalue weighted by atomic mass is 9.91. The second kappa shape index (κ2) is 9.32. The highest BCUT2D eigenvalue weighted by atomic mass is 19.4. The Balaban J connectivity index is 1.70. The Hall–Kier alpha value is -3.52. The van der Waals surface area contributed by atoms with Crippen LogP contribution < -0.4 is 15.0 Å². The summed E-state index contributed by atoms with van der Waals surface area (Å²) in [5.41, 5.74) is 3.53. The summed E-state index contributed by atoms with van der Waals surface area (Å²) < 4.78 is 46.5. The number of amides is 1. The fourth-order valence-corrected chi connectivity index (χ4v) is 2.96. The zero-order valence-corrected chi connectivity index (χ0v) is 15.6. The van der Waals surface area contributed by atoms with E-state index in [-0.39, 0.29) is 12.4 Å². The highest BCUT2D eigenvalue weighted by molar-refractivity contribution is 5.86. The lowest BCUT2D eigenvalue weighted by molar-refractivity contribution is -0.274. The number of rotatable bonds is 7. The average molecular weight is 417 g/mol. The van der Waals surface area contributed by atoms with E-state index in [0.29, 0.717) is 22.4 Å². The summed E-state index contributed by atoms with van der Waals surface area (Å²) in [6, 6.07) is 21.1. The molecule has 0 heterocycles. The molecule has 0 radical (unpaired) electrons. The van der Waals surface area contributed by atoms with Gasteiger partial charge in [0.25, 0.3) is 5.91 Å². The number of benzene rings is 3. The summed E-state index contributed by atoms with van der Waals surface area (Å²) in [5.74, 6) is -1.13. The van der Waals surface area contributed by atoms with E-state index in [0.717, 1.165) is 0 Å². The minimum atomic E-state index is -4.76. The fraction of sp³-hybridized carbons (Fsp3) is 0.136. The molecule has 0 aliphatic heterocycles. The van der Waals surface area contributed by atoms with Crippen LogP contribution in [-0.2, 0) is 11.4 Å². The minimum absolute atomic E-state index is 0.0354. The van der Waals surface area contributed by atoms with E-state index in [1.807, 2.05) is 6.07 Å². The fourth-order valence-electron chi connectivity index (χ4n) is 2.96. The monoisotopic (exact) mass is 417 g/mol. The Labute approximate surface area is 170 Å². The molecule has 0 saturated carbocycles. The number of hydrogen-bond donors (Lipinski definition) is 2. The number of alkyl halides is 3. The molecule has 5 nitrogen and oxygen atoms in total. The summed E-state index contributed by atoms with van der Waals surface area (Å²) in [5, 5.41) is 9.08. The van der Waals surface area contributed by atoms with Gasteiger partial charge in [0.2, 0.25) is 0 Å². The molecule has 0 spiro atoms. The summed E-state index contributed by atoms with van der Waals surface area (Å²) in [6.45, 7) is 0.0354. The summed E-state index contributed by atoms with van der Waals surface area (Å²) >= 11 is 0. The summed E-state index contributed by atoms with van der Waals surface area (Å²) in [6.07, 6.45) is -4.76. The predicted octanol–water partition coefficient (Wildman–Crippen LogP) is 4.80. The van der Waals surface area contributed by atoms with Crippen LogP contribution in [0, 0.1) is 0 Å². The van der Waals surface area contributed by atoms with E-state index in [2.05, 4.69) is 4.74 Å². The number of ether oxygens (including phenoxy) is 2. The lowest BCUT2D eigenvalue weighted by Crippen LogP contribution is -2.27. The number of carbonyl (C=O) groups excluding carboxylic acids is 1. The smallest absolute Gasteiger partial charge is 0.489 e. The van der Waals surface area contributed by atoms with Crippen molar-refractivity contribution < 1.29 is 32.6 Å². The van der Waals surface area contributed by atoms with Crippen LogP contribution in [0.25, 0.3) is 0 Å². The highest BCUT2D eigenvalue weighted by Crippen LogP contribution is 2.27. The topological polar surface area (TPSA) is 67.8 Å². The van der Waals surface area contributed by atoms with Crippen molar-refractivity contribution in [2.45, 2.75) is 18.9 Å². The third-order valence-corrected chi connectivity index (χ3v) is 4.26. The molecule has 30 heavy (non-hydrogen) atoms. The molecule has 3 rings (SSSR count). The average Bonchev–Trinajstić information content (AvgIpc) is 2.73. The zero-order chi connectivity index (χ0) is 21.6. The zero-order valence-electron chi connectivity index (χ0n) is 15.6. The SMILES string of the molecule is O=C(NO)C(c1ccccc1)c1ccc(OCc2cccc(OC(F)(F)F)c2)cc1. The Morgan fingerprint density at radius 2 is 1.57 bits per heavy atom. The van der Waals surface area contributed by atoms with Crippen LogP contribution in [0.4, 0.5) is 13.2 Å². The lowest BCUT2D eigenvalue weighted by Gasteiger charge is -2.16. The highest BCUT2D eigenvalue weighted by Gasteiger charge is 2.31. The van der Waals surface area contributed by atoms with Gasteiger partial charge in [-0.05, 0) is 41.0 Å². The van der Waals surface area contributed by atoms with Gasteiger partial charge < -0.3 is 9.47 Å². The first-order chi connectivity index (χ1) is 14.4. The van der Waals surface area contributed by atoms with Gasteiger partial charge in [-0.1, -0.05) is 54.6 Å². The molecule has 3 aromatic rings. The summed E-state index contributed by atoms with van der Waals surface area (Å²) in [7, 11) is 0. The molecule has 0 fully saturated rings. The van der Waals surface area contributed by atoms with Crippen LogP contribution in [0.5, 0.6) is 11.5 Å². The van der Waals surface area contributed by atoms with Gasteiger partial charge in [0.15, 0.2) is 0 Å². The molecular formula is C22H18F3NO4. The molecule has 1 amide bonds. The molecule has 8 heteroatoms. The van der Waals surface area contributed by atoms with Crippen molar-refractivity contribution in [3.8, 4) is 11.5 Å². The Morgan fingerprint density at radius 3 is 2.20 bits per heavy atom. The van der Waals surface area contributed by atoms with Crippen molar-refractivity contribution in [3.05, 3.63) is 95.6 Å². The second-order valence-electron chi connectivity index (χ2n) is 6.37. The Morgan fingerprint density at radius 1 is 0.900 bits per heavy atom. The van der Waals surface area contributed by atoms with Crippen LogP contribution in [0.1, 0.15) is 22.6 Å². The number of hydrogen-bond acceptors (Lipinski definition) is 4. The van der Waals surface area contributed by atoms with Crippen molar-refractivity contribution in [2.75, 3.05) is 0 Å². The first-order valence-corrected chi connectivity index (χ1v) is 8.92. The van der Waals surface area contributed by atoms with E-state index in [1.165, 1.54) is 18.2 Å². The van der Waals surface area contributed by atoms with E-state index >= 15 is 0 Å². The maximum Gasteiger partial charge on any atom is 0.573 e. The van der Waals surface area contributed by atoms with Crippen molar-refractivity contribution in [3.63, 3.8) is 0 Å². The van der Waals surface area contributed by atoms with Gasteiger partial charge in [-0.3, -0.25) is 10.0 Å². The maximum absolute atomic E-state index is 12.3. The summed E-state index contributed by atoms with van der Waals surface area (Å²) in [4.78, 5) is 12.2. The quantitative estimate of drug-likeness (QED) is 0.428. The molecule has 156 valence electrons. The van der Waals surface area contributed by atoms with Crippen molar-refractivity contribution >= 4 is 5.91 Å². The first kappa shape index (κ1) is 21.2. The number of halogens is 3. The molecule has 0 aromatic heterocycles. The molecular weight excluding hydrogens is 399 g/mol. The standard InChI is InChI=1S/C22H18F3NO4/c23-22(24,25)30-19-8-4-5-15(13-19)14-29-18-11-9-17(10-12-18)20(21(27)26-28)16-6-2-1-3-7-16/h1-13,20,28H,14H2,(H,26,27). The van der Waals surface area contributed by atoms with E-state index in [4.69, 9.17) is 9.94 Å². The van der Waals surface area contributed by atoms with Gasteiger partial charge in [-0.15, -0.1) is 13.2 Å². The predicted molar refractivity (Wildman–Crippen MR) is 102 cm³/mol. The van der Waals surface area contributed by atoms with Gasteiger partial charge in [0, 0.05) is 0 Å². The molecule has 0 aliphatic rings. The molecule has 1 unspecified atom stereocenters. The molecule has 1 atom stereocenters. The Kier molecular flexibility index (Phi) is 6.58. The third kappa shape index (κ3) is 5.74. The molecule has 0 aliphatic carbocycles. The van der Waals surface area contributed by atoms with Gasteiger partial charge >= 0.3 is 6.36 Å². The van der Waals surface area contributed by atoms with Crippen LogP contribution in [0.15, 0.2) is 78.9 Å². The van der Waals surface area contributed by atoms with Crippen LogP contribution >= 0.6 is 0 Å². The maximum atomic E-state index is 12.3. The number of carbonyl (C=O) groups is 1. The van der Waals surface area contributed by atoms with Crippen LogP contribution in [0.3, 0.4) is 0 Å². The first-order valence-electron chi connectivity index (χ1n) is 8.92. The van der Waals surface area contributed by atoms with Gasteiger partial charge in [0.05, 0.1) is 5.92 Å². The van der Waals surface area contributed by atoms with Crippen molar-refractivity contribution in [1.82, 2.24) is 5.48 Å². The largest absolute Gasteiger partial charge is 0.573 e. The van der Waals surface area contributed by atoms with E-state index in [9.17, 15) is 18.0 Å². The minimum Gasteiger partial charge on any atom is -0.489 e.